The monoisotopic (exact) mass is 388 g/mol. The highest BCUT2D eigenvalue weighted by atomic mass is 19.1. The van der Waals surface area contributed by atoms with Crippen LogP contribution in [-0.2, 0) is 11.2 Å². The zero-order valence-corrected chi connectivity index (χ0v) is 16.3. The van der Waals surface area contributed by atoms with Crippen molar-refractivity contribution < 1.29 is 13.7 Å². The molecule has 0 atom stereocenters. The summed E-state index contributed by atoms with van der Waals surface area (Å²) in [6.07, 6.45) is 9.43. The van der Waals surface area contributed by atoms with E-state index in [-0.39, 0.29) is 11.7 Å². The first-order valence-electron chi connectivity index (χ1n) is 10.3. The van der Waals surface area contributed by atoms with Gasteiger partial charge in [0.1, 0.15) is 5.82 Å². The molecule has 1 amide bonds. The summed E-state index contributed by atoms with van der Waals surface area (Å²) in [6.45, 7) is 1.48. The Hall–Kier alpha value is -2.28. The van der Waals surface area contributed by atoms with Crippen molar-refractivity contribution in [1.29, 1.82) is 0 Å². The highest BCUT2D eigenvalue weighted by Crippen LogP contribution is 2.17. The standard InChI is InChI=1S/C21H29FN4O2/c22-17-12-10-16(11-13-17)21-25-20(28-26-21)9-5-8-19(27)24-15-14-23-18-6-3-1-2-4-7-18/h10-13,18,23H,1-9,14-15H2,(H,24,27). The number of hydrogen-bond donors (Lipinski definition) is 2. The first-order valence-corrected chi connectivity index (χ1v) is 10.3. The Morgan fingerprint density at radius 1 is 1.11 bits per heavy atom. The van der Waals surface area contributed by atoms with Crippen LogP contribution in [0.25, 0.3) is 11.4 Å². The van der Waals surface area contributed by atoms with E-state index >= 15 is 0 Å². The van der Waals surface area contributed by atoms with Crippen molar-refractivity contribution in [2.45, 2.75) is 63.8 Å². The molecule has 0 saturated heterocycles. The molecule has 1 aromatic carbocycles. The van der Waals surface area contributed by atoms with Crippen LogP contribution >= 0.6 is 0 Å². The third kappa shape index (κ3) is 6.71. The first-order chi connectivity index (χ1) is 13.7. The van der Waals surface area contributed by atoms with E-state index < -0.39 is 0 Å². The Morgan fingerprint density at radius 2 is 1.86 bits per heavy atom. The number of hydrogen-bond acceptors (Lipinski definition) is 5. The van der Waals surface area contributed by atoms with E-state index in [1.54, 1.807) is 12.1 Å². The molecule has 0 unspecified atom stereocenters. The molecule has 3 rings (SSSR count). The summed E-state index contributed by atoms with van der Waals surface area (Å²) in [7, 11) is 0. The van der Waals surface area contributed by atoms with Crippen LogP contribution < -0.4 is 10.6 Å². The Balaban J connectivity index is 1.29. The summed E-state index contributed by atoms with van der Waals surface area (Å²) >= 11 is 0. The third-order valence-electron chi connectivity index (χ3n) is 5.10. The molecule has 2 aromatic rings. The van der Waals surface area contributed by atoms with Crippen molar-refractivity contribution in [3.8, 4) is 11.4 Å². The third-order valence-corrected chi connectivity index (χ3v) is 5.10. The van der Waals surface area contributed by atoms with E-state index in [1.165, 1.54) is 50.7 Å². The molecule has 0 radical (unpaired) electrons. The van der Waals surface area contributed by atoms with Crippen molar-refractivity contribution >= 4 is 5.91 Å². The Morgan fingerprint density at radius 3 is 2.61 bits per heavy atom. The lowest BCUT2D eigenvalue weighted by Gasteiger charge is -2.16. The van der Waals surface area contributed by atoms with Gasteiger partial charge in [0.2, 0.25) is 17.6 Å². The van der Waals surface area contributed by atoms with Gasteiger partial charge >= 0.3 is 0 Å². The number of benzene rings is 1. The van der Waals surface area contributed by atoms with Crippen molar-refractivity contribution in [3.05, 3.63) is 36.0 Å². The smallest absolute Gasteiger partial charge is 0.226 e. The number of carbonyl (C=O) groups excluding carboxylic acids is 1. The van der Waals surface area contributed by atoms with Crippen LogP contribution in [0.15, 0.2) is 28.8 Å². The summed E-state index contributed by atoms with van der Waals surface area (Å²) in [5.41, 5.74) is 0.704. The average Bonchev–Trinajstić information content (AvgIpc) is 3.01. The van der Waals surface area contributed by atoms with Crippen LogP contribution in [0.1, 0.15) is 57.3 Å². The molecule has 1 aliphatic rings. The summed E-state index contributed by atoms with van der Waals surface area (Å²) in [5, 5.41) is 10.4. The quantitative estimate of drug-likeness (QED) is 0.507. The van der Waals surface area contributed by atoms with Gasteiger partial charge in [-0.3, -0.25) is 4.79 Å². The lowest BCUT2D eigenvalue weighted by Crippen LogP contribution is -2.36. The minimum Gasteiger partial charge on any atom is -0.355 e. The van der Waals surface area contributed by atoms with Crippen LogP contribution in [0.3, 0.4) is 0 Å². The van der Waals surface area contributed by atoms with Gasteiger partial charge in [-0.1, -0.05) is 30.8 Å². The fourth-order valence-electron chi connectivity index (χ4n) is 3.52. The second-order valence-electron chi connectivity index (χ2n) is 7.36. The highest BCUT2D eigenvalue weighted by molar-refractivity contribution is 5.75. The van der Waals surface area contributed by atoms with Crippen molar-refractivity contribution in [1.82, 2.24) is 20.8 Å². The minimum absolute atomic E-state index is 0.0425. The number of halogens is 1. The molecule has 28 heavy (non-hydrogen) atoms. The molecule has 6 nitrogen and oxygen atoms in total. The normalized spacial score (nSPS) is 15.3. The molecule has 0 aliphatic heterocycles. The van der Waals surface area contributed by atoms with E-state index in [2.05, 4.69) is 20.8 Å². The average molecular weight is 388 g/mol. The van der Waals surface area contributed by atoms with Gasteiger partial charge in [0.25, 0.3) is 0 Å². The summed E-state index contributed by atoms with van der Waals surface area (Å²) in [4.78, 5) is 16.3. The first kappa shape index (κ1) is 20.5. The molecule has 7 heteroatoms. The van der Waals surface area contributed by atoms with Gasteiger partial charge in [0, 0.05) is 37.5 Å². The molecule has 152 valence electrons. The number of nitrogens with zero attached hydrogens (tertiary/aromatic N) is 2. The summed E-state index contributed by atoms with van der Waals surface area (Å²) in [5.74, 6) is 0.662. The van der Waals surface area contributed by atoms with Crippen molar-refractivity contribution in [3.63, 3.8) is 0 Å². The summed E-state index contributed by atoms with van der Waals surface area (Å²) < 4.78 is 18.2. The van der Waals surface area contributed by atoms with E-state index in [9.17, 15) is 9.18 Å². The van der Waals surface area contributed by atoms with Gasteiger partial charge in [-0.15, -0.1) is 0 Å². The summed E-state index contributed by atoms with van der Waals surface area (Å²) in [6, 6.07) is 6.55. The Kier molecular flexibility index (Phi) is 7.96. The van der Waals surface area contributed by atoms with Crippen molar-refractivity contribution in [2.75, 3.05) is 13.1 Å². The maximum absolute atomic E-state index is 13.0. The molecule has 1 fully saturated rings. The van der Waals surface area contributed by atoms with E-state index in [0.29, 0.717) is 49.1 Å². The zero-order chi connectivity index (χ0) is 19.6. The Labute approximate surface area is 165 Å². The second kappa shape index (κ2) is 10.9. The van der Waals surface area contributed by atoms with Crippen LogP contribution in [0.5, 0.6) is 0 Å². The highest BCUT2D eigenvalue weighted by Gasteiger charge is 2.12. The molecule has 1 heterocycles. The molecular formula is C21H29FN4O2. The molecule has 1 saturated carbocycles. The van der Waals surface area contributed by atoms with Crippen LogP contribution in [0, 0.1) is 5.82 Å². The predicted octanol–water partition coefficient (Wildman–Crippen LogP) is 3.63. The molecule has 1 aromatic heterocycles. The van der Waals surface area contributed by atoms with Gasteiger partial charge in [-0.25, -0.2) is 4.39 Å². The maximum atomic E-state index is 13.0. The number of carbonyl (C=O) groups is 1. The lowest BCUT2D eigenvalue weighted by atomic mass is 10.1. The fraction of sp³-hybridized carbons (Fsp3) is 0.571. The van der Waals surface area contributed by atoms with Crippen LogP contribution in [0.2, 0.25) is 0 Å². The molecule has 0 bridgehead atoms. The fourth-order valence-corrected chi connectivity index (χ4v) is 3.52. The molecule has 1 aliphatic carbocycles. The van der Waals surface area contributed by atoms with Gasteiger partial charge in [-0.05, 0) is 43.5 Å². The van der Waals surface area contributed by atoms with E-state index in [1.807, 2.05) is 0 Å². The largest absolute Gasteiger partial charge is 0.355 e. The van der Waals surface area contributed by atoms with Gasteiger partial charge in [0.05, 0.1) is 0 Å². The second-order valence-corrected chi connectivity index (χ2v) is 7.36. The van der Waals surface area contributed by atoms with Gasteiger partial charge < -0.3 is 15.2 Å². The SMILES string of the molecule is O=C(CCCc1nc(-c2ccc(F)cc2)no1)NCCNC1CCCCCC1. The minimum atomic E-state index is -0.303. The zero-order valence-electron chi connectivity index (χ0n) is 16.3. The number of aromatic nitrogens is 2. The molecular weight excluding hydrogens is 359 g/mol. The molecule has 0 spiro atoms. The molecule has 2 N–H and O–H groups in total. The van der Waals surface area contributed by atoms with Crippen LogP contribution in [-0.4, -0.2) is 35.2 Å². The topological polar surface area (TPSA) is 80.0 Å². The Bertz CT molecular complexity index is 724. The van der Waals surface area contributed by atoms with E-state index in [4.69, 9.17) is 4.52 Å². The number of amides is 1. The number of rotatable bonds is 9. The predicted molar refractivity (Wildman–Crippen MR) is 105 cm³/mol. The lowest BCUT2D eigenvalue weighted by molar-refractivity contribution is -0.121. The maximum Gasteiger partial charge on any atom is 0.226 e. The van der Waals surface area contributed by atoms with Gasteiger partial charge in [0.15, 0.2) is 0 Å². The van der Waals surface area contributed by atoms with Crippen molar-refractivity contribution in [2.24, 2.45) is 0 Å². The number of aryl methyl sites for hydroxylation is 1. The van der Waals surface area contributed by atoms with Gasteiger partial charge in [-0.2, -0.15) is 4.98 Å². The van der Waals surface area contributed by atoms with E-state index in [0.717, 1.165) is 6.54 Å². The number of nitrogens with one attached hydrogen (secondary N) is 2. The van der Waals surface area contributed by atoms with Crippen LogP contribution in [0.4, 0.5) is 4.39 Å².